The predicted molar refractivity (Wildman–Crippen MR) is 50.5 cm³/mol. The van der Waals surface area contributed by atoms with Gasteiger partial charge in [-0.15, -0.1) is 6.42 Å². The van der Waals surface area contributed by atoms with Crippen molar-refractivity contribution in [1.29, 1.82) is 0 Å². The molecule has 1 N–H and O–H groups in total. The second kappa shape index (κ2) is 3.77. The van der Waals surface area contributed by atoms with Crippen molar-refractivity contribution in [1.82, 2.24) is 0 Å². The molecular weight excluding hydrogens is 164 g/mol. The van der Waals surface area contributed by atoms with Crippen molar-refractivity contribution in [2.45, 2.75) is 13.3 Å². The fourth-order valence-electron chi connectivity index (χ4n) is 1.14. The summed E-state index contributed by atoms with van der Waals surface area (Å²) in [5, 5.41) is 8.59. The summed E-state index contributed by atoms with van der Waals surface area (Å²) in [6, 6.07) is 5.44. The van der Waals surface area contributed by atoms with Crippen molar-refractivity contribution in [3.8, 4) is 12.3 Å². The number of rotatable bonds is 2. The minimum Gasteiger partial charge on any atom is -0.481 e. The number of benzene rings is 1. The standard InChI is InChI=1S/C11H10O2/c1-3-9-6-8(2)4-5-10(9)7-11(12)13/h1,4-6H,7H2,2H3,(H,12,13). The van der Waals surface area contributed by atoms with Crippen LogP contribution in [0.1, 0.15) is 16.7 Å². The first kappa shape index (κ1) is 9.34. The van der Waals surface area contributed by atoms with E-state index in [1.165, 1.54) is 0 Å². The van der Waals surface area contributed by atoms with Gasteiger partial charge in [0, 0.05) is 5.56 Å². The van der Waals surface area contributed by atoms with E-state index in [-0.39, 0.29) is 6.42 Å². The molecule has 0 fully saturated rings. The zero-order valence-electron chi connectivity index (χ0n) is 7.37. The fraction of sp³-hybridized carbons (Fsp3) is 0.182. The van der Waals surface area contributed by atoms with E-state index in [4.69, 9.17) is 11.5 Å². The van der Waals surface area contributed by atoms with Crippen LogP contribution < -0.4 is 0 Å². The van der Waals surface area contributed by atoms with Crippen molar-refractivity contribution in [2.75, 3.05) is 0 Å². The smallest absolute Gasteiger partial charge is 0.307 e. The number of hydrogen-bond acceptors (Lipinski definition) is 1. The fourth-order valence-corrected chi connectivity index (χ4v) is 1.14. The van der Waals surface area contributed by atoms with Crippen LogP contribution in [0.4, 0.5) is 0 Å². The molecule has 0 aromatic heterocycles. The Bertz CT molecular complexity index is 372. The Labute approximate surface area is 77.2 Å². The van der Waals surface area contributed by atoms with Crippen molar-refractivity contribution in [3.63, 3.8) is 0 Å². The van der Waals surface area contributed by atoms with Gasteiger partial charge in [-0.25, -0.2) is 0 Å². The van der Waals surface area contributed by atoms with Gasteiger partial charge < -0.3 is 5.11 Å². The third kappa shape index (κ3) is 2.34. The van der Waals surface area contributed by atoms with Crippen LogP contribution in [-0.4, -0.2) is 11.1 Å². The molecule has 0 radical (unpaired) electrons. The summed E-state index contributed by atoms with van der Waals surface area (Å²) in [5.41, 5.74) is 2.41. The molecule has 66 valence electrons. The average Bonchev–Trinajstić information content (AvgIpc) is 2.07. The Kier molecular flexibility index (Phi) is 2.71. The lowest BCUT2D eigenvalue weighted by Crippen LogP contribution is -2.02. The number of carboxylic acids is 1. The van der Waals surface area contributed by atoms with Gasteiger partial charge in [-0.2, -0.15) is 0 Å². The first-order valence-electron chi connectivity index (χ1n) is 3.91. The van der Waals surface area contributed by atoms with Crippen molar-refractivity contribution in [3.05, 3.63) is 34.9 Å². The molecule has 13 heavy (non-hydrogen) atoms. The van der Waals surface area contributed by atoms with E-state index in [1.807, 2.05) is 19.1 Å². The Morgan fingerprint density at radius 1 is 1.62 bits per heavy atom. The molecular formula is C11H10O2. The van der Waals surface area contributed by atoms with E-state index < -0.39 is 5.97 Å². The number of carboxylic acid groups (broad SMARTS) is 1. The molecule has 2 nitrogen and oxygen atoms in total. The van der Waals surface area contributed by atoms with Crippen LogP contribution in [0.25, 0.3) is 0 Å². The molecule has 0 atom stereocenters. The summed E-state index contributed by atoms with van der Waals surface area (Å²) in [5.74, 6) is 1.62. The van der Waals surface area contributed by atoms with E-state index in [0.29, 0.717) is 11.1 Å². The second-order valence-corrected chi connectivity index (χ2v) is 2.88. The molecule has 0 amide bonds. The van der Waals surface area contributed by atoms with Crippen LogP contribution in [0.3, 0.4) is 0 Å². The third-order valence-electron chi connectivity index (χ3n) is 1.76. The van der Waals surface area contributed by atoms with Crippen molar-refractivity contribution >= 4 is 5.97 Å². The molecule has 1 aromatic carbocycles. The van der Waals surface area contributed by atoms with Crippen LogP contribution in [0.5, 0.6) is 0 Å². The van der Waals surface area contributed by atoms with Gasteiger partial charge in [-0.05, 0) is 24.1 Å². The molecule has 0 spiro atoms. The highest BCUT2D eigenvalue weighted by Gasteiger charge is 2.04. The maximum Gasteiger partial charge on any atom is 0.307 e. The number of terminal acetylenes is 1. The summed E-state index contributed by atoms with van der Waals surface area (Å²) >= 11 is 0. The predicted octanol–water partition coefficient (Wildman–Crippen LogP) is 1.60. The lowest BCUT2D eigenvalue weighted by Gasteiger charge is -2.02. The molecule has 1 rings (SSSR count). The summed E-state index contributed by atoms with van der Waals surface area (Å²) in [4.78, 5) is 10.5. The quantitative estimate of drug-likeness (QED) is 0.691. The first-order valence-corrected chi connectivity index (χ1v) is 3.91. The van der Waals surface area contributed by atoms with Gasteiger partial charge in [0.2, 0.25) is 0 Å². The zero-order chi connectivity index (χ0) is 9.84. The Morgan fingerprint density at radius 2 is 2.31 bits per heavy atom. The van der Waals surface area contributed by atoms with Gasteiger partial charge in [-0.3, -0.25) is 4.79 Å². The molecule has 0 aliphatic heterocycles. The molecule has 2 heteroatoms. The number of hydrogen-bond donors (Lipinski definition) is 1. The molecule has 0 bridgehead atoms. The molecule has 0 saturated heterocycles. The maximum absolute atomic E-state index is 10.5. The highest BCUT2D eigenvalue weighted by molar-refractivity contribution is 5.71. The lowest BCUT2D eigenvalue weighted by molar-refractivity contribution is -0.136. The Morgan fingerprint density at radius 3 is 2.85 bits per heavy atom. The normalized spacial score (nSPS) is 9.23. The molecule has 0 aliphatic carbocycles. The number of carbonyl (C=O) groups is 1. The third-order valence-corrected chi connectivity index (χ3v) is 1.76. The highest BCUT2D eigenvalue weighted by atomic mass is 16.4. The summed E-state index contributed by atoms with van der Waals surface area (Å²) in [7, 11) is 0. The Hall–Kier alpha value is -1.75. The monoisotopic (exact) mass is 174 g/mol. The largest absolute Gasteiger partial charge is 0.481 e. The lowest BCUT2D eigenvalue weighted by atomic mass is 10.0. The van der Waals surface area contributed by atoms with Crippen LogP contribution >= 0.6 is 0 Å². The number of aryl methyl sites for hydroxylation is 1. The van der Waals surface area contributed by atoms with Crippen molar-refractivity contribution in [2.24, 2.45) is 0 Å². The van der Waals surface area contributed by atoms with Crippen LogP contribution in [0, 0.1) is 19.3 Å². The topological polar surface area (TPSA) is 37.3 Å². The van der Waals surface area contributed by atoms with Gasteiger partial charge in [0.15, 0.2) is 0 Å². The maximum atomic E-state index is 10.5. The summed E-state index contributed by atoms with van der Waals surface area (Å²) in [6.07, 6.45) is 5.24. The van der Waals surface area contributed by atoms with Crippen LogP contribution in [0.15, 0.2) is 18.2 Å². The van der Waals surface area contributed by atoms with Gasteiger partial charge in [0.1, 0.15) is 0 Å². The number of aliphatic carboxylic acids is 1. The molecule has 0 unspecified atom stereocenters. The van der Waals surface area contributed by atoms with Gasteiger partial charge in [0.05, 0.1) is 6.42 Å². The highest BCUT2D eigenvalue weighted by Crippen LogP contribution is 2.11. The summed E-state index contributed by atoms with van der Waals surface area (Å²) < 4.78 is 0. The van der Waals surface area contributed by atoms with Crippen molar-refractivity contribution < 1.29 is 9.90 Å². The van der Waals surface area contributed by atoms with E-state index in [0.717, 1.165) is 5.56 Å². The van der Waals surface area contributed by atoms with Crippen LogP contribution in [0.2, 0.25) is 0 Å². The minimum atomic E-state index is -0.861. The second-order valence-electron chi connectivity index (χ2n) is 2.88. The SMILES string of the molecule is C#Cc1cc(C)ccc1CC(=O)O. The molecule has 1 aromatic rings. The average molecular weight is 174 g/mol. The molecule has 0 heterocycles. The zero-order valence-corrected chi connectivity index (χ0v) is 7.37. The van der Waals surface area contributed by atoms with Crippen LogP contribution in [-0.2, 0) is 11.2 Å². The first-order chi connectivity index (χ1) is 6.13. The summed E-state index contributed by atoms with van der Waals surface area (Å²) in [6.45, 7) is 1.92. The minimum absolute atomic E-state index is 0.0141. The molecule has 0 aliphatic rings. The van der Waals surface area contributed by atoms with Gasteiger partial charge in [0.25, 0.3) is 0 Å². The van der Waals surface area contributed by atoms with Gasteiger partial charge in [-0.1, -0.05) is 18.1 Å². The Balaban J connectivity index is 3.08. The van der Waals surface area contributed by atoms with E-state index in [9.17, 15) is 4.79 Å². The van der Waals surface area contributed by atoms with E-state index in [2.05, 4.69) is 5.92 Å². The van der Waals surface area contributed by atoms with Gasteiger partial charge >= 0.3 is 5.97 Å². The van der Waals surface area contributed by atoms with E-state index in [1.54, 1.807) is 6.07 Å². The molecule has 0 saturated carbocycles. The van der Waals surface area contributed by atoms with E-state index >= 15 is 0 Å².